The molecular formula is C15H12F3N5O2S. The summed E-state index contributed by atoms with van der Waals surface area (Å²) in [5.74, 6) is -0.426. The van der Waals surface area contributed by atoms with E-state index in [9.17, 15) is 22.2 Å². The zero-order valence-electron chi connectivity index (χ0n) is 13.2. The van der Waals surface area contributed by atoms with Gasteiger partial charge in [-0.3, -0.25) is 19.4 Å². The summed E-state index contributed by atoms with van der Waals surface area (Å²) in [6.07, 6.45) is -0.269. The third-order valence-electron chi connectivity index (χ3n) is 4.03. The van der Waals surface area contributed by atoms with Crippen molar-refractivity contribution in [3.05, 3.63) is 53.1 Å². The van der Waals surface area contributed by atoms with E-state index < -0.39 is 28.8 Å². The van der Waals surface area contributed by atoms with Crippen LogP contribution in [0.2, 0.25) is 0 Å². The van der Waals surface area contributed by atoms with Crippen LogP contribution < -0.4 is 4.72 Å². The molecule has 0 saturated carbocycles. The second kappa shape index (κ2) is 6.02. The van der Waals surface area contributed by atoms with E-state index in [-0.39, 0.29) is 5.03 Å². The molecular weight excluding hydrogens is 371 g/mol. The number of fused-ring (bicyclic) bond motifs is 1. The summed E-state index contributed by atoms with van der Waals surface area (Å²) >= 11 is 0. The van der Waals surface area contributed by atoms with E-state index in [1.165, 1.54) is 23.0 Å². The van der Waals surface area contributed by atoms with Gasteiger partial charge in [0, 0.05) is 43.7 Å². The van der Waals surface area contributed by atoms with Crippen LogP contribution in [0.5, 0.6) is 0 Å². The van der Waals surface area contributed by atoms with E-state index in [4.69, 9.17) is 0 Å². The summed E-state index contributed by atoms with van der Waals surface area (Å²) in [7, 11) is -1.62. The van der Waals surface area contributed by atoms with Gasteiger partial charge in [0.2, 0.25) is 0 Å². The maximum absolute atomic E-state index is 12.5. The molecule has 2 aliphatic rings. The fourth-order valence-electron chi connectivity index (χ4n) is 2.88. The van der Waals surface area contributed by atoms with Crippen LogP contribution in [0.1, 0.15) is 22.5 Å². The van der Waals surface area contributed by atoms with E-state index in [1.54, 1.807) is 6.20 Å². The molecule has 1 atom stereocenters. The molecule has 1 amide bonds. The summed E-state index contributed by atoms with van der Waals surface area (Å²) in [6.45, 7) is 1.50. The molecule has 2 aromatic rings. The zero-order chi connectivity index (χ0) is 18.5. The van der Waals surface area contributed by atoms with Crippen LogP contribution in [0.3, 0.4) is 0 Å². The van der Waals surface area contributed by atoms with Crippen molar-refractivity contribution in [1.82, 2.24) is 24.4 Å². The van der Waals surface area contributed by atoms with E-state index in [0.29, 0.717) is 25.2 Å². The van der Waals surface area contributed by atoms with Crippen molar-refractivity contribution in [2.75, 3.05) is 0 Å². The number of pyridine rings is 1. The van der Waals surface area contributed by atoms with Crippen LogP contribution in [0.4, 0.5) is 13.2 Å². The topological polar surface area (TPSA) is 80.1 Å². The number of rotatable bonds is 3. The Kier molecular flexibility index (Phi) is 3.92. The van der Waals surface area contributed by atoms with Gasteiger partial charge in [-0.1, -0.05) is 6.07 Å². The van der Waals surface area contributed by atoms with Gasteiger partial charge in [0.05, 0.1) is 5.69 Å². The Labute approximate surface area is 148 Å². The summed E-state index contributed by atoms with van der Waals surface area (Å²) in [5.41, 5.74) is 1.46. The average Bonchev–Trinajstić information content (AvgIpc) is 3.19. The SMILES string of the molecule is O=C1C=C(n2cc3c(n2)CN(Cc2ccc(C(F)(F)F)nc2)C3)S(=O)N1. The summed E-state index contributed by atoms with van der Waals surface area (Å²) in [5, 5.41) is 4.63. The van der Waals surface area contributed by atoms with Gasteiger partial charge in [0.15, 0.2) is 16.0 Å². The molecule has 1 unspecified atom stereocenters. The molecule has 0 spiro atoms. The molecule has 4 heterocycles. The van der Waals surface area contributed by atoms with Crippen molar-refractivity contribution in [1.29, 1.82) is 0 Å². The van der Waals surface area contributed by atoms with Crippen LogP contribution in [0.25, 0.3) is 5.03 Å². The molecule has 11 heteroatoms. The number of nitrogens with one attached hydrogen (secondary N) is 1. The van der Waals surface area contributed by atoms with Gasteiger partial charge in [-0.2, -0.15) is 18.3 Å². The smallest absolute Gasteiger partial charge is 0.289 e. The molecule has 0 bridgehead atoms. The van der Waals surface area contributed by atoms with Crippen LogP contribution in [0.15, 0.2) is 30.6 Å². The Morgan fingerprint density at radius 1 is 1.27 bits per heavy atom. The Hall–Kier alpha value is -2.53. The number of hydrogen-bond acceptors (Lipinski definition) is 5. The van der Waals surface area contributed by atoms with Crippen LogP contribution in [-0.4, -0.2) is 29.8 Å². The van der Waals surface area contributed by atoms with Crippen molar-refractivity contribution in [3.63, 3.8) is 0 Å². The molecule has 1 N–H and O–H groups in total. The molecule has 0 aromatic carbocycles. The van der Waals surface area contributed by atoms with Crippen LogP contribution in [0, 0.1) is 0 Å². The van der Waals surface area contributed by atoms with Gasteiger partial charge in [0.25, 0.3) is 5.91 Å². The Morgan fingerprint density at radius 3 is 2.65 bits per heavy atom. The predicted molar refractivity (Wildman–Crippen MR) is 85.0 cm³/mol. The number of amides is 1. The molecule has 2 aromatic heterocycles. The molecule has 0 aliphatic carbocycles. The van der Waals surface area contributed by atoms with Crippen molar-refractivity contribution in [3.8, 4) is 0 Å². The van der Waals surface area contributed by atoms with Crippen molar-refractivity contribution in [2.24, 2.45) is 0 Å². The van der Waals surface area contributed by atoms with E-state index >= 15 is 0 Å². The van der Waals surface area contributed by atoms with E-state index in [2.05, 4.69) is 14.8 Å². The minimum absolute atomic E-state index is 0.280. The molecule has 0 saturated heterocycles. The van der Waals surface area contributed by atoms with E-state index in [0.717, 1.165) is 17.3 Å². The maximum atomic E-state index is 12.5. The molecule has 136 valence electrons. The van der Waals surface area contributed by atoms with Gasteiger partial charge in [-0.25, -0.2) is 8.89 Å². The Bertz CT molecular complexity index is 912. The molecule has 0 radical (unpaired) electrons. The van der Waals surface area contributed by atoms with E-state index in [1.807, 2.05) is 4.90 Å². The standard InChI is InChI=1S/C15H12F3N5O2S/c16-15(17,18)12-2-1-9(4-19-12)5-22-6-10-7-23(20-11(10)8-22)14-3-13(24)21-26(14)25/h1-4,7H,5-6,8H2,(H,21,24). The number of halogens is 3. The highest BCUT2D eigenvalue weighted by Crippen LogP contribution is 2.28. The van der Waals surface area contributed by atoms with Gasteiger partial charge in [0.1, 0.15) is 5.69 Å². The molecule has 7 nitrogen and oxygen atoms in total. The van der Waals surface area contributed by atoms with Crippen LogP contribution in [-0.2, 0) is 41.6 Å². The largest absolute Gasteiger partial charge is 0.433 e. The van der Waals surface area contributed by atoms with Gasteiger partial charge in [-0.05, 0) is 11.6 Å². The van der Waals surface area contributed by atoms with Crippen molar-refractivity contribution in [2.45, 2.75) is 25.8 Å². The van der Waals surface area contributed by atoms with Gasteiger partial charge >= 0.3 is 6.18 Å². The third-order valence-corrected chi connectivity index (χ3v) is 5.10. The fraction of sp³-hybridized carbons (Fsp3) is 0.267. The molecule has 0 fully saturated rings. The Morgan fingerprint density at radius 2 is 2.08 bits per heavy atom. The monoisotopic (exact) mass is 383 g/mol. The Balaban J connectivity index is 1.44. The lowest BCUT2D eigenvalue weighted by molar-refractivity contribution is -0.141. The first kappa shape index (κ1) is 16.9. The van der Waals surface area contributed by atoms with Crippen molar-refractivity contribution >= 4 is 21.9 Å². The lowest BCUT2D eigenvalue weighted by Crippen LogP contribution is -2.19. The zero-order valence-corrected chi connectivity index (χ0v) is 14.0. The number of hydrogen-bond donors (Lipinski definition) is 1. The first-order chi connectivity index (χ1) is 12.3. The first-order valence-electron chi connectivity index (χ1n) is 7.56. The maximum Gasteiger partial charge on any atom is 0.433 e. The molecule has 2 aliphatic heterocycles. The number of aromatic nitrogens is 3. The summed E-state index contributed by atoms with van der Waals surface area (Å²) < 4.78 is 53.1. The highest BCUT2D eigenvalue weighted by Gasteiger charge is 2.32. The second-order valence-electron chi connectivity index (χ2n) is 5.96. The highest BCUT2D eigenvalue weighted by molar-refractivity contribution is 7.93. The lowest BCUT2D eigenvalue weighted by Gasteiger charge is -2.15. The minimum Gasteiger partial charge on any atom is -0.289 e. The fourth-order valence-corrected chi connectivity index (χ4v) is 3.70. The highest BCUT2D eigenvalue weighted by atomic mass is 32.2. The number of carbonyl (C=O) groups is 1. The number of carbonyl (C=O) groups excluding carboxylic acids is 1. The third kappa shape index (κ3) is 3.15. The van der Waals surface area contributed by atoms with Gasteiger partial charge in [-0.15, -0.1) is 0 Å². The minimum atomic E-state index is -4.45. The van der Waals surface area contributed by atoms with Crippen molar-refractivity contribution < 1.29 is 22.2 Å². The lowest BCUT2D eigenvalue weighted by atomic mass is 10.2. The summed E-state index contributed by atoms with van der Waals surface area (Å²) in [6, 6.07) is 2.38. The first-order valence-corrected chi connectivity index (χ1v) is 8.71. The number of nitrogens with zero attached hydrogens (tertiary/aromatic N) is 4. The quantitative estimate of drug-likeness (QED) is 0.867. The number of alkyl halides is 3. The van der Waals surface area contributed by atoms with Crippen LogP contribution >= 0.6 is 0 Å². The molecule has 26 heavy (non-hydrogen) atoms. The molecule has 4 rings (SSSR count). The van der Waals surface area contributed by atoms with Gasteiger partial charge < -0.3 is 0 Å². The predicted octanol–water partition coefficient (Wildman–Crippen LogP) is 1.40. The summed E-state index contributed by atoms with van der Waals surface area (Å²) in [4.78, 5) is 16.7. The second-order valence-corrected chi connectivity index (χ2v) is 7.12. The normalized spacial score (nSPS) is 20.2. The average molecular weight is 383 g/mol.